The van der Waals surface area contributed by atoms with Gasteiger partial charge in [0, 0.05) is 19.5 Å². The molecule has 18 heavy (non-hydrogen) atoms. The minimum Gasteiger partial charge on any atom is -0.314 e. The van der Waals surface area contributed by atoms with Gasteiger partial charge in [-0.1, -0.05) is 0 Å². The minimum absolute atomic E-state index is 0.272. The average molecular weight is 270 g/mol. The maximum atomic E-state index is 11.9. The lowest BCUT2D eigenvalue weighted by molar-refractivity contribution is 0.360. The first-order valence-corrected chi connectivity index (χ1v) is 8.16. The highest BCUT2D eigenvalue weighted by Gasteiger charge is 2.28. The molecule has 100 valence electrons. The summed E-state index contributed by atoms with van der Waals surface area (Å²) >= 11 is 0. The van der Waals surface area contributed by atoms with Gasteiger partial charge in [-0.25, -0.2) is 8.42 Å². The van der Waals surface area contributed by atoms with E-state index in [0.29, 0.717) is 13.1 Å². The van der Waals surface area contributed by atoms with Gasteiger partial charge in [-0.15, -0.1) is 10.2 Å². The average Bonchev–Trinajstić information content (AvgIpc) is 2.75. The Morgan fingerprint density at radius 1 is 1.06 bits per heavy atom. The first-order valence-electron chi connectivity index (χ1n) is 6.55. The van der Waals surface area contributed by atoms with Gasteiger partial charge in [-0.05, 0) is 25.7 Å². The Balaban J connectivity index is 1.82. The zero-order valence-corrected chi connectivity index (χ0v) is 11.2. The molecule has 0 spiro atoms. The molecule has 1 aromatic heterocycles. The maximum absolute atomic E-state index is 11.9. The smallest absolute Gasteiger partial charge is 0.214 e. The van der Waals surface area contributed by atoms with Crippen molar-refractivity contribution in [1.82, 2.24) is 19.1 Å². The van der Waals surface area contributed by atoms with E-state index in [1.165, 1.54) is 0 Å². The van der Waals surface area contributed by atoms with Crippen molar-refractivity contribution in [2.24, 2.45) is 0 Å². The number of nitrogens with zero attached hydrogens (tertiary/aromatic N) is 4. The van der Waals surface area contributed by atoms with Crippen LogP contribution in [-0.4, -0.2) is 39.8 Å². The maximum Gasteiger partial charge on any atom is 0.214 e. The first-order chi connectivity index (χ1) is 8.67. The van der Waals surface area contributed by atoms with Crippen molar-refractivity contribution in [3.63, 3.8) is 0 Å². The summed E-state index contributed by atoms with van der Waals surface area (Å²) in [7, 11) is -3.07. The molecule has 0 N–H and O–H groups in total. The fourth-order valence-corrected chi connectivity index (χ4v) is 4.21. The van der Waals surface area contributed by atoms with Crippen LogP contribution in [0.25, 0.3) is 0 Å². The Kier molecular flexibility index (Phi) is 3.11. The Labute approximate surface area is 107 Å². The van der Waals surface area contributed by atoms with E-state index < -0.39 is 10.0 Å². The Morgan fingerprint density at radius 2 is 1.89 bits per heavy atom. The first kappa shape index (κ1) is 12.1. The van der Waals surface area contributed by atoms with E-state index in [9.17, 15) is 8.42 Å². The monoisotopic (exact) mass is 270 g/mol. The number of fused-ring (bicyclic) bond motifs is 1. The molecule has 0 bridgehead atoms. The van der Waals surface area contributed by atoms with Crippen LogP contribution in [0.15, 0.2) is 0 Å². The molecule has 0 amide bonds. The number of hydrogen-bond acceptors (Lipinski definition) is 4. The molecule has 0 aromatic carbocycles. The molecule has 2 aliphatic rings. The number of aromatic nitrogens is 3. The van der Waals surface area contributed by atoms with Crippen LogP contribution in [0, 0.1) is 0 Å². The van der Waals surface area contributed by atoms with Gasteiger partial charge in [0.1, 0.15) is 11.6 Å². The summed E-state index contributed by atoms with van der Waals surface area (Å²) in [5, 5.41) is 8.33. The fraction of sp³-hybridized carbons (Fsp3) is 0.818. The molecular weight excluding hydrogens is 252 g/mol. The Morgan fingerprint density at radius 3 is 2.72 bits per heavy atom. The van der Waals surface area contributed by atoms with Gasteiger partial charge in [0.25, 0.3) is 0 Å². The highest BCUT2D eigenvalue weighted by atomic mass is 32.2. The summed E-state index contributed by atoms with van der Waals surface area (Å²) in [6.07, 6.45) is 4.96. The third kappa shape index (κ3) is 2.16. The predicted octanol–water partition coefficient (Wildman–Crippen LogP) is 0.540. The largest absolute Gasteiger partial charge is 0.314 e. The van der Waals surface area contributed by atoms with Crippen LogP contribution < -0.4 is 0 Å². The summed E-state index contributed by atoms with van der Waals surface area (Å²) in [5.41, 5.74) is 0. The summed E-state index contributed by atoms with van der Waals surface area (Å²) < 4.78 is 27.5. The van der Waals surface area contributed by atoms with Crippen molar-refractivity contribution in [3.8, 4) is 0 Å². The van der Waals surface area contributed by atoms with E-state index in [1.807, 2.05) is 0 Å². The SMILES string of the molecule is O=S1(=O)CCCCN1Cc1nnc2n1CCCC2. The lowest BCUT2D eigenvalue weighted by Gasteiger charge is -2.26. The third-order valence-corrected chi connectivity index (χ3v) is 5.61. The normalized spacial score (nSPS) is 23.8. The van der Waals surface area contributed by atoms with Gasteiger partial charge in [-0.2, -0.15) is 4.31 Å². The van der Waals surface area contributed by atoms with Crippen molar-refractivity contribution in [2.45, 2.75) is 45.2 Å². The number of aryl methyl sites for hydroxylation is 1. The van der Waals surface area contributed by atoms with Crippen LogP contribution in [0.5, 0.6) is 0 Å². The molecule has 0 atom stereocenters. The molecule has 1 saturated heterocycles. The molecule has 0 saturated carbocycles. The number of rotatable bonds is 2. The van der Waals surface area contributed by atoms with E-state index in [2.05, 4.69) is 14.8 Å². The molecule has 0 aliphatic carbocycles. The molecular formula is C11H18N4O2S. The van der Waals surface area contributed by atoms with E-state index in [1.54, 1.807) is 4.31 Å². The minimum atomic E-state index is -3.07. The summed E-state index contributed by atoms with van der Waals surface area (Å²) in [5.74, 6) is 2.08. The molecule has 1 aromatic rings. The van der Waals surface area contributed by atoms with Crippen LogP contribution in [0.2, 0.25) is 0 Å². The lowest BCUT2D eigenvalue weighted by atomic mass is 10.2. The van der Waals surface area contributed by atoms with Crippen molar-refractivity contribution < 1.29 is 8.42 Å². The van der Waals surface area contributed by atoms with E-state index >= 15 is 0 Å². The van der Waals surface area contributed by atoms with Gasteiger partial charge < -0.3 is 4.57 Å². The van der Waals surface area contributed by atoms with Gasteiger partial charge in [0.2, 0.25) is 10.0 Å². The molecule has 3 rings (SSSR count). The van der Waals surface area contributed by atoms with E-state index in [-0.39, 0.29) is 5.75 Å². The number of sulfonamides is 1. The van der Waals surface area contributed by atoms with Crippen LogP contribution in [-0.2, 0) is 29.5 Å². The van der Waals surface area contributed by atoms with Gasteiger partial charge >= 0.3 is 0 Å². The second kappa shape index (κ2) is 4.62. The van der Waals surface area contributed by atoms with Crippen LogP contribution in [0.3, 0.4) is 0 Å². The quantitative estimate of drug-likeness (QED) is 0.786. The second-order valence-corrected chi connectivity index (χ2v) is 7.09. The summed E-state index contributed by atoms with van der Waals surface area (Å²) in [4.78, 5) is 0. The van der Waals surface area contributed by atoms with Crippen molar-refractivity contribution >= 4 is 10.0 Å². The Hall–Kier alpha value is -0.950. The second-order valence-electron chi connectivity index (χ2n) is 5.00. The molecule has 1 fully saturated rings. The Bertz CT molecular complexity index is 537. The highest BCUT2D eigenvalue weighted by molar-refractivity contribution is 7.89. The molecule has 2 aliphatic heterocycles. The van der Waals surface area contributed by atoms with E-state index in [0.717, 1.165) is 50.3 Å². The van der Waals surface area contributed by atoms with Gasteiger partial charge in [0.15, 0.2) is 0 Å². The molecule has 6 nitrogen and oxygen atoms in total. The van der Waals surface area contributed by atoms with Crippen LogP contribution in [0.4, 0.5) is 0 Å². The topological polar surface area (TPSA) is 68.1 Å². The molecule has 0 radical (unpaired) electrons. The lowest BCUT2D eigenvalue weighted by Crippen LogP contribution is -2.38. The summed E-state index contributed by atoms with van der Waals surface area (Å²) in [6, 6.07) is 0. The zero-order valence-electron chi connectivity index (χ0n) is 10.4. The van der Waals surface area contributed by atoms with Crippen molar-refractivity contribution in [1.29, 1.82) is 0 Å². The fourth-order valence-electron chi connectivity index (χ4n) is 2.66. The predicted molar refractivity (Wildman–Crippen MR) is 66.4 cm³/mol. The zero-order chi connectivity index (χ0) is 12.6. The van der Waals surface area contributed by atoms with Crippen molar-refractivity contribution in [2.75, 3.05) is 12.3 Å². The molecule has 3 heterocycles. The van der Waals surface area contributed by atoms with Crippen LogP contribution in [0.1, 0.15) is 37.3 Å². The third-order valence-electron chi connectivity index (χ3n) is 3.71. The summed E-state index contributed by atoms with van der Waals surface area (Å²) in [6.45, 7) is 1.92. The van der Waals surface area contributed by atoms with Gasteiger partial charge in [-0.3, -0.25) is 0 Å². The molecule has 7 heteroatoms. The van der Waals surface area contributed by atoms with Crippen molar-refractivity contribution in [3.05, 3.63) is 11.6 Å². The highest BCUT2D eigenvalue weighted by Crippen LogP contribution is 2.19. The van der Waals surface area contributed by atoms with E-state index in [4.69, 9.17) is 0 Å². The number of hydrogen-bond donors (Lipinski definition) is 0. The van der Waals surface area contributed by atoms with Gasteiger partial charge in [0.05, 0.1) is 12.3 Å². The molecule has 0 unspecified atom stereocenters. The standard InChI is InChI=1S/C11H18N4O2S/c16-18(17)8-4-3-6-14(18)9-11-13-12-10-5-1-2-7-15(10)11/h1-9H2. The van der Waals surface area contributed by atoms with Crippen LogP contribution >= 0.6 is 0 Å².